The summed E-state index contributed by atoms with van der Waals surface area (Å²) in [5, 5.41) is 0.569. The van der Waals surface area contributed by atoms with E-state index in [-0.39, 0.29) is 0 Å². The molecule has 3 heterocycles. The van der Waals surface area contributed by atoms with Gasteiger partial charge in [0.05, 0.1) is 18.3 Å². The fourth-order valence-electron chi connectivity index (χ4n) is 1.75. The van der Waals surface area contributed by atoms with Crippen molar-refractivity contribution in [3.63, 3.8) is 0 Å². The van der Waals surface area contributed by atoms with E-state index in [0.717, 1.165) is 15.7 Å². The molecule has 3 aromatic heterocycles. The molecule has 0 aliphatic rings. The fraction of sp³-hybridized carbons (Fsp3) is 0.0833. The third-order valence-corrected chi connectivity index (χ3v) is 3.52. The Labute approximate surface area is 122 Å². The lowest BCUT2D eigenvalue weighted by Crippen LogP contribution is -1.93. The number of pyridine rings is 1. The van der Waals surface area contributed by atoms with Crippen molar-refractivity contribution in [3.05, 3.63) is 40.5 Å². The third kappa shape index (κ3) is 2.17. The Morgan fingerprint density at radius 3 is 2.58 bits per heavy atom. The molecule has 0 radical (unpaired) electrons. The van der Waals surface area contributed by atoms with Crippen LogP contribution < -0.4 is 4.74 Å². The van der Waals surface area contributed by atoms with Crippen LogP contribution in [-0.4, -0.2) is 26.5 Å². The van der Waals surface area contributed by atoms with Gasteiger partial charge in [-0.3, -0.25) is 4.40 Å². The molecule has 5 nitrogen and oxygen atoms in total. The molecule has 7 heteroatoms. The summed E-state index contributed by atoms with van der Waals surface area (Å²) in [5.74, 6) is 0. The zero-order chi connectivity index (χ0) is 13.4. The second-order valence-corrected chi connectivity index (χ2v) is 5.03. The lowest BCUT2D eigenvalue weighted by atomic mass is 10.1. The van der Waals surface area contributed by atoms with Gasteiger partial charge in [-0.25, -0.2) is 15.0 Å². The molecule has 0 aliphatic heterocycles. The summed E-state index contributed by atoms with van der Waals surface area (Å²) in [7, 11) is 1.53. The van der Waals surface area contributed by atoms with Crippen LogP contribution in [0.4, 0.5) is 0 Å². The number of hydrogen-bond acceptors (Lipinski definition) is 4. The van der Waals surface area contributed by atoms with E-state index in [4.69, 9.17) is 16.3 Å². The van der Waals surface area contributed by atoms with Crippen LogP contribution in [0.15, 0.2) is 35.5 Å². The predicted molar refractivity (Wildman–Crippen MR) is 75.5 cm³/mol. The molecule has 0 atom stereocenters. The normalized spacial score (nSPS) is 10.9. The van der Waals surface area contributed by atoms with Crippen molar-refractivity contribution >= 4 is 33.2 Å². The number of halogens is 2. The van der Waals surface area contributed by atoms with E-state index in [1.165, 1.54) is 7.11 Å². The van der Waals surface area contributed by atoms with Crippen molar-refractivity contribution in [2.24, 2.45) is 0 Å². The minimum atomic E-state index is 0.333. The molecule has 0 unspecified atom stereocenters. The molecule has 19 heavy (non-hydrogen) atoms. The lowest BCUT2D eigenvalue weighted by Gasteiger charge is -2.05. The Hall–Kier alpha value is -1.66. The highest BCUT2D eigenvalue weighted by atomic mass is 79.9. The van der Waals surface area contributed by atoms with Crippen molar-refractivity contribution in [1.29, 1.82) is 0 Å². The van der Waals surface area contributed by atoms with Crippen molar-refractivity contribution in [1.82, 2.24) is 19.4 Å². The average Bonchev–Trinajstić information content (AvgIpc) is 2.81. The van der Waals surface area contributed by atoms with E-state index >= 15 is 0 Å². The molecule has 0 aromatic carbocycles. The maximum absolute atomic E-state index is 6.21. The predicted octanol–water partition coefficient (Wildman–Crippen LogP) is 3.22. The first kappa shape index (κ1) is 12.4. The summed E-state index contributed by atoms with van der Waals surface area (Å²) >= 11 is 9.64. The van der Waals surface area contributed by atoms with Crippen molar-refractivity contribution in [3.8, 4) is 17.1 Å². The number of methoxy groups -OCH3 is 1. The van der Waals surface area contributed by atoms with Crippen LogP contribution in [0.2, 0.25) is 5.02 Å². The van der Waals surface area contributed by atoms with Crippen molar-refractivity contribution < 1.29 is 4.74 Å². The number of aromatic nitrogens is 4. The maximum atomic E-state index is 6.21. The molecule has 96 valence electrons. The quantitative estimate of drug-likeness (QED) is 0.719. The highest BCUT2D eigenvalue weighted by Gasteiger charge is 2.09. The summed E-state index contributed by atoms with van der Waals surface area (Å²) < 4.78 is 7.63. The second kappa shape index (κ2) is 4.79. The molecule has 0 fully saturated rings. The molecule has 0 amide bonds. The number of nitrogens with zero attached hydrogens (tertiary/aromatic N) is 4. The number of fused-ring (bicyclic) bond motifs is 1. The van der Waals surface area contributed by atoms with E-state index in [9.17, 15) is 0 Å². The topological polar surface area (TPSA) is 52.3 Å². The van der Waals surface area contributed by atoms with Gasteiger partial charge < -0.3 is 4.74 Å². The lowest BCUT2D eigenvalue weighted by molar-refractivity contribution is 0.380. The van der Waals surface area contributed by atoms with Gasteiger partial charge in [0.15, 0.2) is 5.65 Å². The van der Waals surface area contributed by atoms with Gasteiger partial charge in [-0.1, -0.05) is 11.6 Å². The van der Waals surface area contributed by atoms with Crippen LogP contribution in [0.5, 0.6) is 6.01 Å². The van der Waals surface area contributed by atoms with E-state index in [2.05, 4.69) is 30.9 Å². The van der Waals surface area contributed by atoms with Crippen LogP contribution in [-0.2, 0) is 0 Å². The first-order valence-electron chi connectivity index (χ1n) is 5.37. The van der Waals surface area contributed by atoms with Gasteiger partial charge in [-0.2, -0.15) is 0 Å². The van der Waals surface area contributed by atoms with Crippen LogP contribution in [0.3, 0.4) is 0 Å². The van der Waals surface area contributed by atoms with E-state index in [1.807, 2.05) is 16.7 Å². The molecule has 0 aliphatic carbocycles. The Morgan fingerprint density at radius 1 is 1.16 bits per heavy atom. The van der Waals surface area contributed by atoms with E-state index in [1.54, 1.807) is 18.6 Å². The van der Waals surface area contributed by atoms with E-state index < -0.39 is 0 Å². The highest BCUT2D eigenvalue weighted by molar-refractivity contribution is 9.10. The Morgan fingerprint density at radius 2 is 1.89 bits per heavy atom. The van der Waals surface area contributed by atoms with Gasteiger partial charge in [0.1, 0.15) is 4.60 Å². The standard InChI is InChI=1S/C12H8BrClN4O/c1-19-12-16-3-8(4-17-12)7-2-9(14)11-15-5-10(13)18(11)6-7/h2-6H,1H3. The highest BCUT2D eigenvalue weighted by Crippen LogP contribution is 2.27. The SMILES string of the molecule is COc1ncc(-c2cc(Cl)c3ncc(Br)n3c2)cn1. The fourth-order valence-corrected chi connectivity index (χ4v) is 2.38. The van der Waals surface area contributed by atoms with Crippen molar-refractivity contribution in [2.45, 2.75) is 0 Å². The molecule has 0 N–H and O–H groups in total. The minimum absolute atomic E-state index is 0.333. The second-order valence-electron chi connectivity index (χ2n) is 3.81. The van der Waals surface area contributed by atoms with Crippen LogP contribution in [0, 0.1) is 0 Å². The molecule has 0 bridgehead atoms. The van der Waals surface area contributed by atoms with Crippen LogP contribution >= 0.6 is 27.5 Å². The summed E-state index contributed by atoms with van der Waals surface area (Å²) in [6, 6.07) is 2.17. The molecule has 0 saturated carbocycles. The number of hydrogen-bond donors (Lipinski definition) is 0. The number of imidazole rings is 1. The summed E-state index contributed by atoms with van der Waals surface area (Å²) in [4.78, 5) is 12.4. The first-order valence-corrected chi connectivity index (χ1v) is 6.54. The third-order valence-electron chi connectivity index (χ3n) is 2.66. The van der Waals surface area contributed by atoms with E-state index in [0.29, 0.717) is 16.7 Å². The van der Waals surface area contributed by atoms with Crippen LogP contribution in [0.1, 0.15) is 0 Å². The molecule has 0 spiro atoms. The molecule has 3 rings (SSSR count). The number of ether oxygens (including phenoxy) is 1. The number of rotatable bonds is 2. The molecular formula is C12H8BrClN4O. The van der Waals surface area contributed by atoms with Crippen LogP contribution in [0.25, 0.3) is 16.8 Å². The molecule has 0 saturated heterocycles. The Kier molecular flexibility index (Phi) is 3.12. The first-order chi connectivity index (χ1) is 9.19. The monoisotopic (exact) mass is 338 g/mol. The summed E-state index contributed by atoms with van der Waals surface area (Å²) in [5.41, 5.74) is 2.45. The smallest absolute Gasteiger partial charge is 0.316 e. The van der Waals surface area contributed by atoms with Gasteiger partial charge in [0, 0.05) is 29.7 Å². The van der Waals surface area contributed by atoms with Gasteiger partial charge in [0.25, 0.3) is 0 Å². The Bertz CT molecular complexity index is 741. The van der Waals surface area contributed by atoms with Gasteiger partial charge in [-0.15, -0.1) is 0 Å². The van der Waals surface area contributed by atoms with Gasteiger partial charge in [-0.05, 0) is 22.0 Å². The zero-order valence-corrected chi connectivity index (χ0v) is 12.2. The molecular weight excluding hydrogens is 332 g/mol. The minimum Gasteiger partial charge on any atom is -0.467 e. The maximum Gasteiger partial charge on any atom is 0.316 e. The molecule has 3 aromatic rings. The summed E-state index contributed by atoms with van der Waals surface area (Å²) in [6.07, 6.45) is 7.00. The summed E-state index contributed by atoms with van der Waals surface area (Å²) in [6.45, 7) is 0. The van der Waals surface area contributed by atoms with Gasteiger partial charge >= 0.3 is 6.01 Å². The average molecular weight is 340 g/mol. The Balaban J connectivity index is 2.15. The largest absolute Gasteiger partial charge is 0.467 e. The zero-order valence-electron chi connectivity index (χ0n) is 9.84. The van der Waals surface area contributed by atoms with Gasteiger partial charge in [0.2, 0.25) is 0 Å². The van der Waals surface area contributed by atoms with Crippen molar-refractivity contribution in [2.75, 3.05) is 7.11 Å².